The van der Waals surface area contributed by atoms with E-state index in [1.807, 2.05) is 26.0 Å². The Hall–Kier alpha value is -0.870. The lowest BCUT2D eigenvalue weighted by molar-refractivity contribution is -0.137. The number of allylic oxidation sites excluding steroid dienone is 3. The Morgan fingerprint density at radius 1 is 1.40 bits per heavy atom. The number of hydrogen-bond donors (Lipinski definition) is 0. The molecule has 0 aromatic carbocycles. The van der Waals surface area contributed by atoms with Gasteiger partial charge in [-0.25, -0.2) is 4.79 Å². The van der Waals surface area contributed by atoms with Crippen LogP contribution in [0.15, 0.2) is 34.9 Å². The first-order chi connectivity index (χ1) is 9.67. The Kier molecular flexibility index (Phi) is 8.54. The van der Waals surface area contributed by atoms with Crippen molar-refractivity contribution in [3.05, 3.63) is 34.9 Å². The van der Waals surface area contributed by atoms with E-state index in [0.29, 0.717) is 12.6 Å². The highest BCUT2D eigenvalue weighted by molar-refractivity contribution is 9.11. The summed E-state index contributed by atoms with van der Waals surface area (Å²) in [6.45, 7) is 6.23. The number of ether oxygens (including phenoxy) is 1. The highest BCUT2D eigenvalue weighted by Gasteiger charge is 2.19. The number of halogens is 1. The molecule has 0 aromatic rings. The molecule has 0 aliphatic carbocycles. The molecule has 1 heterocycles. The third-order valence-corrected chi connectivity index (χ3v) is 4.02. The summed E-state index contributed by atoms with van der Waals surface area (Å²) in [4.78, 5) is 13.8. The van der Waals surface area contributed by atoms with E-state index >= 15 is 0 Å². The summed E-state index contributed by atoms with van der Waals surface area (Å²) in [5, 5.41) is 0. The van der Waals surface area contributed by atoms with Gasteiger partial charge in [0.05, 0.1) is 6.61 Å². The lowest BCUT2D eigenvalue weighted by atomic mass is 10.0. The minimum atomic E-state index is -0.245. The zero-order chi connectivity index (χ0) is 14.8. The number of nitrogens with zero attached hydrogens (tertiary/aromatic N) is 1. The minimum absolute atomic E-state index is 0.245. The number of hydrogen-bond acceptors (Lipinski definition) is 3. The van der Waals surface area contributed by atoms with Gasteiger partial charge < -0.3 is 4.74 Å². The van der Waals surface area contributed by atoms with Crippen molar-refractivity contribution in [1.29, 1.82) is 0 Å². The van der Waals surface area contributed by atoms with Gasteiger partial charge in [-0.3, -0.25) is 4.90 Å². The average molecular weight is 342 g/mol. The van der Waals surface area contributed by atoms with Crippen molar-refractivity contribution in [1.82, 2.24) is 4.90 Å². The second-order valence-electron chi connectivity index (χ2n) is 4.75. The summed E-state index contributed by atoms with van der Waals surface area (Å²) >= 11 is 3.46. The van der Waals surface area contributed by atoms with Crippen molar-refractivity contribution >= 4 is 21.9 Å². The third-order valence-electron chi connectivity index (χ3n) is 3.30. The van der Waals surface area contributed by atoms with Crippen LogP contribution in [0.2, 0.25) is 0 Å². The molecule has 1 atom stereocenters. The molecular formula is C16H24BrNO2. The maximum atomic E-state index is 11.4. The van der Waals surface area contributed by atoms with E-state index in [4.69, 9.17) is 4.74 Å². The van der Waals surface area contributed by atoms with Crippen molar-refractivity contribution in [2.75, 3.05) is 19.7 Å². The highest BCUT2D eigenvalue weighted by atomic mass is 79.9. The number of carbonyl (C=O) groups excluding carboxylic acids is 1. The zero-order valence-corrected chi connectivity index (χ0v) is 13.9. The molecule has 0 bridgehead atoms. The van der Waals surface area contributed by atoms with Crippen LogP contribution in [0, 0.1) is 0 Å². The van der Waals surface area contributed by atoms with Crippen molar-refractivity contribution in [2.45, 2.75) is 39.2 Å². The Bertz CT molecular complexity index is 388. The van der Waals surface area contributed by atoms with Gasteiger partial charge in [-0.1, -0.05) is 46.7 Å². The van der Waals surface area contributed by atoms with E-state index in [1.54, 1.807) is 6.08 Å². The molecular weight excluding hydrogens is 318 g/mol. The molecule has 0 aromatic heterocycles. The zero-order valence-electron chi connectivity index (χ0n) is 12.3. The molecule has 0 radical (unpaired) electrons. The maximum Gasteiger partial charge on any atom is 0.330 e. The number of carbonyl (C=O) groups is 1. The van der Waals surface area contributed by atoms with Crippen LogP contribution in [0.4, 0.5) is 0 Å². The van der Waals surface area contributed by atoms with Crippen molar-refractivity contribution < 1.29 is 9.53 Å². The van der Waals surface area contributed by atoms with Gasteiger partial charge >= 0.3 is 5.97 Å². The van der Waals surface area contributed by atoms with Gasteiger partial charge in [-0.15, -0.1) is 0 Å². The molecule has 1 rings (SSSR count). The minimum Gasteiger partial charge on any atom is -0.463 e. The molecule has 0 saturated carbocycles. The van der Waals surface area contributed by atoms with Gasteiger partial charge in [-0.05, 0) is 33.2 Å². The first-order valence-electron chi connectivity index (χ1n) is 7.24. The molecule has 20 heavy (non-hydrogen) atoms. The standard InChI is InChI=1S/C16H24BrNO2/c1-3-14(17)8-7-13-18-12-6-5-9-15(18)10-11-16(19)20-4-2/h3,7-8,10-11,15H,4-6,9,12-13H2,1-2H3/b8-7+,11-10+,14-3-. The molecule has 1 fully saturated rings. The molecule has 1 saturated heterocycles. The lowest BCUT2D eigenvalue weighted by Gasteiger charge is -2.33. The summed E-state index contributed by atoms with van der Waals surface area (Å²) in [5.41, 5.74) is 0. The van der Waals surface area contributed by atoms with Crippen LogP contribution >= 0.6 is 15.9 Å². The van der Waals surface area contributed by atoms with E-state index in [-0.39, 0.29) is 5.97 Å². The van der Waals surface area contributed by atoms with Crippen molar-refractivity contribution in [3.8, 4) is 0 Å². The molecule has 4 heteroatoms. The number of esters is 1. The molecule has 0 N–H and O–H groups in total. The van der Waals surface area contributed by atoms with Gasteiger partial charge in [0.15, 0.2) is 0 Å². The monoisotopic (exact) mass is 341 g/mol. The van der Waals surface area contributed by atoms with E-state index in [0.717, 1.165) is 24.0 Å². The van der Waals surface area contributed by atoms with Gasteiger partial charge in [0, 0.05) is 23.1 Å². The fourth-order valence-electron chi connectivity index (χ4n) is 2.24. The van der Waals surface area contributed by atoms with Crippen LogP contribution in [0.3, 0.4) is 0 Å². The van der Waals surface area contributed by atoms with E-state index in [2.05, 4.69) is 33.0 Å². The fourth-order valence-corrected chi connectivity index (χ4v) is 2.43. The van der Waals surface area contributed by atoms with Crippen LogP contribution in [-0.2, 0) is 9.53 Å². The molecule has 112 valence electrons. The van der Waals surface area contributed by atoms with E-state index in [9.17, 15) is 4.79 Å². The normalized spacial score (nSPS) is 21.8. The maximum absolute atomic E-state index is 11.4. The SMILES string of the molecule is C/C=C(Br)/C=C/CN1CCCCC1/C=C/C(=O)OCC. The smallest absolute Gasteiger partial charge is 0.330 e. The molecule has 1 unspecified atom stereocenters. The predicted molar refractivity (Wildman–Crippen MR) is 86.8 cm³/mol. The van der Waals surface area contributed by atoms with Gasteiger partial charge in [0.1, 0.15) is 0 Å². The molecule has 0 spiro atoms. The second kappa shape index (κ2) is 9.94. The summed E-state index contributed by atoms with van der Waals surface area (Å²) in [7, 11) is 0. The van der Waals surface area contributed by atoms with Gasteiger partial charge in [0.2, 0.25) is 0 Å². The molecule has 1 aliphatic rings. The number of rotatable bonds is 6. The van der Waals surface area contributed by atoms with Crippen LogP contribution in [0.1, 0.15) is 33.1 Å². The van der Waals surface area contributed by atoms with Crippen LogP contribution in [-0.4, -0.2) is 36.6 Å². The van der Waals surface area contributed by atoms with Crippen LogP contribution in [0.5, 0.6) is 0 Å². The number of piperidine rings is 1. The second-order valence-corrected chi connectivity index (χ2v) is 5.66. The van der Waals surface area contributed by atoms with Crippen LogP contribution < -0.4 is 0 Å². The topological polar surface area (TPSA) is 29.5 Å². The summed E-state index contributed by atoms with van der Waals surface area (Å²) in [5.74, 6) is -0.245. The largest absolute Gasteiger partial charge is 0.463 e. The van der Waals surface area contributed by atoms with Crippen molar-refractivity contribution in [2.24, 2.45) is 0 Å². The lowest BCUT2D eigenvalue weighted by Crippen LogP contribution is -2.38. The summed E-state index contributed by atoms with van der Waals surface area (Å²) in [6.07, 6.45) is 13.3. The Balaban J connectivity index is 2.53. The highest BCUT2D eigenvalue weighted by Crippen LogP contribution is 2.18. The third kappa shape index (κ3) is 6.53. The summed E-state index contributed by atoms with van der Waals surface area (Å²) in [6, 6.07) is 0.335. The van der Waals surface area contributed by atoms with Crippen molar-refractivity contribution in [3.63, 3.8) is 0 Å². The average Bonchev–Trinajstić information content (AvgIpc) is 2.46. The quantitative estimate of drug-likeness (QED) is 0.418. The number of likely N-dealkylation sites (tertiary alicyclic amines) is 1. The first-order valence-corrected chi connectivity index (χ1v) is 8.04. The predicted octanol–water partition coefficient (Wildman–Crippen LogP) is 3.82. The Morgan fingerprint density at radius 2 is 2.20 bits per heavy atom. The van der Waals surface area contributed by atoms with Gasteiger partial charge in [0.25, 0.3) is 0 Å². The molecule has 0 amide bonds. The van der Waals surface area contributed by atoms with Crippen LogP contribution in [0.25, 0.3) is 0 Å². The van der Waals surface area contributed by atoms with E-state index < -0.39 is 0 Å². The fraction of sp³-hybridized carbons (Fsp3) is 0.562. The first kappa shape index (κ1) is 17.2. The Morgan fingerprint density at radius 3 is 2.90 bits per heavy atom. The van der Waals surface area contributed by atoms with E-state index in [1.165, 1.54) is 12.8 Å². The molecule has 1 aliphatic heterocycles. The Labute approximate surface area is 130 Å². The summed E-state index contributed by atoms with van der Waals surface area (Å²) < 4.78 is 6.01. The molecule has 3 nitrogen and oxygen atoms in total. The van der Waals surface area contributed by atoms with Gasteiger partial charge in [-0.2, -0.15) is 0 Å².